The first kappa shape index (κ1) is 14.0. The molecule has 0 saturated carbocycles. The SMILES string of the molecule is CC.Cc1ccc(O)cc1.NC=O. The highest BCUT2D eigenvalue weighted by Crippen LogP contribution is 2.07. The molecule has 3 N–H and O–H groups in total. The van der Waals surface area contributed by atoms with Crippen LogP contribution in [0.2, 0.25) is 0 Å². The van der Waals surface area contributed by atoms with Gasteiger partial charge in [-0.15, -0.1) is 0 Å². The lowest BCUT2D eigenvalue weighted by molar-refractivity contribution is -0.106. The summed E-state index contributed by atoms with van der Waals surface area (Å²) in [6.45, 7) is 5.99. The van der Waals surface area contributed by atoms with E-state index in [4.69, 9.17) is 9.90 Å². The van der Waals surface area contributed by atoms with Gasteiger partial charge in [-0.1, -0.05) is 31.5 Å². The van der Waals surface area contributed by atoms with E-state index in [1.807, 2.05) is 32.9 Å². The largest absolute Gasteiger partial charge is 0.508 e. The summed E-state index contributed by atoms with van der Waals surface area (Å²) >= 11 is 0. The Morgan fingerprint density at radius 3 is 1.77 bits per heavy atom. The normalized spacial score (nSPS) is 7.00. The zero-order chi connectivity index (χ0) is 10.7. The van der Waals surface area contributed by atoms with Gasteiger partial charge in [-0.3, -0.25) is 4.79 Å². The van der Waals surface area contributed by atoms with E-state index in [1.165, 1.54) is 5.56 Å². The highest BCUT2D eigenvalue weighted by Gasteiger charge is 1.82. The Morgan fingerprint density at radius 2 is 1.54 bits per heavy atom. The summed E-state index contributed by atoms with van der Waals surface area (Å²) in [7, 11) is 0. The third-order valence-electron chi connectivity index (χ3n) is 1.03. The Morgan fingerprint density at radius 1 is 1.23 bits per heavy atom. The summed E-state index contributed by atoms with van der Waals surface area (Å²) in [6.07, 6.45) is 0.250. The number of phenolic OH excluding ortho intramolecular Hbond substituents is 1. The molecule has 0 heterocycles. The van der Waals surface area contributed by atoms with Gasteiger partial charge >= 0.3 is 0 Å². The first-order chi connectivity index (χ1) is 6.20. The minimum Gasteiger partial charge on any atom is -0.508 e. The number of nitrogens with two attached hydrogens (primary N) is 1. The summed E-state index contributed by atoms with van der Waals surface area (Å²) in [6, 6.07) is 7.09. The molecular weight excluding hydrogens is 166 g/mol. The predicted octanol–water partition coefficient (Wildman–Crippen LogP) is 1.83. The van der Waals surface area contributed by atoms with Crippen LogP contribution in [0.3, 0.4) is 0 Å². The predicted molar refractivity (Wildman–Crippen MR) is 54.4 cm³/mol. The lowest BCUT2D eigenvalue weighted by Gasteiger charge is -1.89. The molecule has 0 aromatic heterocycles. The number of aromatic hydroxyl groups is 1. The Labute approximate surface area is 79.2 Å². The van der Waals surface area contributed by atoms with Gasteiger partial charge in [0, 0.05) is 0 Å². The standard InChI is InChI=1S/C7H8O.C2H6.CH3NO/c1-6-2-4-7(8)5-3-6;1-2;2-1-3/h2-5,8H,1H3;1-2H3;1H,(H2,2,3). The molecule has 3 heteroatoms. The molecule has 1 aromatic carbocycles. The van der Waals surface area contributed by atoms with Crippen molar-refractivity contribution in [1.29, 1.82) is 0 Å². The Bertz CT molecular complexity index is 186. The lowest BCUT2D eigenvalue weighted by Crippen LogP contribution is -1.82. The van der Waals surface area contributed by atoms with Crippen LogP contribution in [0.1, 0.15) is 19.4 Å². The lowest BCUT2D eigenvalue weighted by atomic mass is 10.2. The van der Waals surface area contributed by atoms with Crippen LogP contribution < -0.4 is 5.73 Å². The molecular formula is C10H17NO2. The maximum Gasteiger partial charge on any atom is 0.204 e. The number of hydrogen-bond donors (Lipinski definition) is 2. The molecule has 1 rings (SSSR count). The van der Waals surface area contributed by atoms with Crippen molar-refractivity contribution in [3.8, 4) is 5.75 Å². The quantitative estimate of drug-likeness (QED) is 0.603. The van der Waals surface area contributed by atoms with E-state index >= 15 is 0 Å². The van der Waals surface area contributed by atoms with Crippen molar-refractivity contribution in [1.82, 2.24) is 0 Å². The van der Waals surface area contributed by atoms with Crippen molar-refractivity contribution < 1.29 is 9.90 Å². The number of carbonyl (C=O) groups excluding carboxylic acids is 1. The van der Waals surface area contributed by atoms with E-state index in [-0.39, 0.29) is 6.41 Å². The highest BCUT2D eigenvalue weighted by atomic mass is 16.3. The Hall–Kier alpha value is -1.51. The number of carbonyl (C=O) groups is 1. The monoisotopic (exact) mass is 183 g/mol. The van der Waals surface area contributed by atoms with E-state index < -0.39 is 0 Å². The molecule has 0 atom stereocenters. The molecule has 13 heavy (non-hydrogen) atoms. The zero-order valence-corrected chi connectivity index (χ0v) is 8.32. The third kappa shape index (κ3) is 10.5. The Balaban J connectivity index is 0. The van der Waals surface area contributed by atoms with Gasteiger partial charge < -0.3 is 10.8 Å². The van der Waals surface area contributed by atoms with Gasteiger partial charge in [-0.2, -0.15) is 0 Å². The number of hydrogen-bond acceptors (Lipinski definition) is 2. The number of phenols is 1. The fourth-order valence-corrected chi connectivity index (χ4v) is 0.545. The third-order valence-corrected chi connectivity index (χ3v) is 1.03. The van der Waals surface area contributed by atoms with Crippen LogP contribution in [0.5, 0.6) is 5.75 Å². The molecule has 0 saturated heterocycles. The molecule has 0 fully saturated rings. The molecule has 0 aliphatic carbocycles. The van der Waals surface area contributed by atoms with Gasteiger partial charge in [0.25, 0.3) is 0 Å². The van der Waals surface area contributed by atoms with Crippen LogP contribution in [0.25, 0.3) is 0 Å². The topological polar surface area (TPSA) is 63.3 Å². The molecule has 0 unspecified atom stereocenters. The van der Waals surface area contributed by atoms with Gasteiger partial charge in [0.2, 0.25) is 6.41 Å². The van der Waals surface area contributed by atoms with Crippen LogP contribution in [0.15, 0.2) is 24.3 Å². The highest BCUT2D eigenvalue weighted by molar-refractivity contribution is 5.42. The average molecular weight is 183 g/mol. The van der Waals surface area contributed by atoms with Crippen molar-refractivity contribution in [2.45, 2.75) is 20.8 Å². The smallest absolute Gasteiger partial charge is 0.204 e. The summed E-state index contributed by atoms with van der Waals surface area (Å²) in [5, 5.41) is 8.76. The van der Waals surface area contributed by atoms with Gasteiger partial charge in [-0.25, -0.2) is 0 Å². The summed E-state index contributed by atoms with van der Waals surface area (Å²) in [4.78, 5) is 8.58. The van der Waals surface area contributed by atoms with Gasteiger partial charge in [0.15, 0.2) is 0 Å². The summed E-state index contributed by atoms with van der Waals surface area (Å²) in [5.74, 6) is 0.329. The van der Waals surface area contributed by atoms with Crippen LogP contribution in [0, 0.1) is 6.92 Å². The van der Waals surface area contributed by atoms with Gasteiger partial charge in [-0.05, 0) is 19.1 Å². The molecule has 0 aliphatic heterocycles. The molecule has 0 spiro atoms. The van der Waals surface area contributed by atoms with Crippen LogP contribution in [0.4, 0.5) is 0 Å². The van der Waals surface area contributed by atoms with Crippen molar-refractivity contribution in [3.63, 3.8) is 0 Å². The van der Waals surface area contributed by atoms with Crippen LogP contribution in [-0.4, -0.2) is 11.5 Å². The van der Waals surface area contributed by atoms with E-state index in [0.29, 0.717) is 5.75 Å². The van der Waals surface area contributed by atoms with Gasteiger partial charge in [0.05, 0.1) is 0 Å². The second-order valence-electron chi connectivity index (χ2n) is 1.97. The first-order valence-corrected chi connectivity index (χ1v) is 4.11. The van der Waals surface area contributed by atoms with Crippen molar-refractivity contribution in [2.24, 2.45) is 5.73 Å². The zero-order valence-electron chi connectivity index (χ0n) is 8.32. The van der Waals surface area contributed by atoms with Crippen molar-refractivity contribution >= 4 is 6.41 Å². The Kier molecular flexibility index (Phi) is 11.3. The van der Waals surface area contributed by atoms with Crippen molar-refractivity contribution in [3.05, 3.63) is 29.8 Å². The fourth-order valence-electron chi connectivity index (χ4n) is 0.545. The molecule has 74 valence electrons. The average Bonchev–Trinajstić information content (AvgIpc) is 2.15. The molecule has 0 radical (unpaired) electrons. The molecule has 1 aromatic rings. The molecule has 1 amide bonds. The number of rotatable bonds is 0. The maximum atomic E-state index is 8.76. The van der Waals surface area contributed by atoms with E-state index in [0.717, 1.165) is 0 Å². The molecule has 0 aliphatic rings. The van der Waals surface area contributed by atoms with E-state index in [1.54, 1.807) is 12.1 Å². The summed E-state index contributed by atoms with van der Waals surface area (Å²) in [5.41, 5.74) is 5.34. The van der Waals surface area contributed by atoms with Crippen molar-refractivity contribution in [2.75, 3.05) is 0 Å². The van der Waals surface area contributed by atoms with Gasteiger partial charge in [0.1, 0.15) is 5.75 Å². The first-order valence-electron chi connectivity index (χ1n) is 4.11. The second kappa shape index (κ2) is 10.5. The van der Waals surface area contributed by atoms with E-state index in [2.05, 4.69) is 5.73 Å². The molecule has 3 nitrogen and oxygen atoms in total. The minimum atomic E-state index is 0.250. The number of benzene rings is 1. The molecule has 0 bridgehead atoms. The number of amides is 1. The fraction of sp³-hybridized carbons (Fsp3) is 0.300. The second-order valence-corrected chi connectivity index (χ2v) is 1.97. The minimum absolute atomic E-state index is 0.250. The maximum absolute atomic E-state index is 8.76. The van der Waals surface area contributed by atoms with E-state index in [9.17, 15) is 0 Å². The number of primary amides is 1. The number of aryl methyl sites for hydroxylation is 1. The van der Waals surface area contributed by atoms with Crippen LogP contribution in [-0.2, 0) is 4.79 Å². The van der Waals surface area contributed by atoms with Crippen LogP contribution >= 0.6 is 0 Å². The summed E-state index contributed by atoms with van der Waals surface area (Å²) < 4.78 is 0.